The molecule has 12 heteroatoms. The number of hydrogen-bond acceptors (Lipinski definition) is 8. The van der Waals surface area contributed by atoms with Gasteiger partial charge in [0.15, 0.2) is 29.6 Å². The lowest BCUT2D eigenvalue weighted by Crippen LogP contribution is -2.34. The summed E-state index contributed by atoms with van der Waals surface area (Å²) in [6.07, 6.45) is 1.37. The molecule has 1 aliphatic rings. The van der Waals surface area contributed by atoms with E-state index in [1.54, 1.807) is 36.4 Å². The predicted molar refractivity (Wildman–Crippen MR) is 134 cm³/mol. The van der Waals surface area contributed by atoms with E-state index < -0.39 is 23.5 Å². The number of ether oxygens (including phenoxy) is 4. The van der Waals surface area contributed by atoms with Crippen LogP contribution in [0.5, 0.6) is 23.0 Å². The lowest BCUT2D eigenvalue weighted by atomic mass is 10.2. The normalized spacial score (nSPS) is 11.6. The quantitative estimate of drug-likeness (QED) is 0.275. The Morgan fingerprint density at radius 3 is 2.63 bits per heavy atom. The van der Waals surface area contributed by atoms with Gasteiger partial charge < -0.3 is 29.6 Å². The summed E-state index contributed by atoms with van der Waals surface area (Å²) in [5, 5.41) is 8.79. The number of halogens is 1. The van der Waals surface area contributed by atoms with Crippen molar-refractivity contribution < 1.29 is 37.7 Å². The molecule has 4 rings (SSSR count). The zero-order chi connectivity index (χ0) is 26.9. The Bertz CT molecular complexity index is 1380. The van der Waals surface area contributed by atoms with Crippen LogP contribution in [0.25, 0.3) is 0 Å². The van der Waals surface area contributed by atoms with E-state index in [4.69, 9.17) is 18.9 Å². The Balaban J connectivity index is 1.24. The number of hydrogen-bond donors (Lipinski definition) is 3. The number of nitrogens with zero attached hydrogens (tertiary/aromatic N) is 1. The van der Waals surface area contributed by atoms with Crippen LogP contribution < -0.4 is 35.0 Å². The third kappa shape index (κ3) is 6.75. The highest BCUT2D eigenvalue weighted by Gasteiger charge is 2.16. The van der Waals surface area contributed by atoms with Crippen LogP contribution in [-0.4, -0.2) is 51.0 Å². The molecule has 0 unspecified atom stereocenters. The van der Waals surface area contributed by atoms with E-state index in [9.17, 15) is 18.8 Å². The standard InChI is InChI=1S/C26H23FN4O7/c1-35-22-10-16(6-8-20(22)36-14-25(33)30-19-5-3-2-4-18(19)27)12-29-31-24(32)13-28-26(34)17-7-9-21-23(11-17)38-15-37-21/h2-12H,13-15H2,1H3,(H,28,34)(H,30,33)(H,31,32). The first-order valence-corrected chi connectivity index (χ1v) is 11.3. The minimum absolute atomic E-state index is 0.0502. The summed E-state index contributed by atoms with van der Waals surface area (Å²) in [6, 6.07) is 15.3. The molecule has 0 saturated heterocycles. The maximum atomic E-state index is 13.7. The Morgan fingerprint density at radius 2 is 1.82 bits per heavy atom. The summed E-state index contributed by atoms with van der Waals surface area (Å²) in [5.41, 5.74) is 3.25. The lowest BCUT2D eigenvalue weighted by molar-refractivity contribution is -0.120. The van der Waals surface area contributed by atoms with E-state index in [0.29, 0.717) is 28.4 Å². The number of anilines is 1. The zero-order valence-corrected chi connectivity index (χ0v) is 20.2. The Morgan fingerprint density at radius 1 is 1.00 bits per heavy atom. The van der Waals surface area contributed by atoms with Gasteiger partial charge in [-0.15, -0.1) is 0 Å². The fourth-order valence-electron chi connectivity index (χ4n) is 3.29. The molecule has 0 atom stereocenters. The number of carbonyl (C=O) groups is 3. The second kappa shape index (κ2) is 12.2. The summed E-state index contributed by atoms with van der Waals surface area (Å²) in [5.74, 6) is -0.483. The van der Waals surface area contributed by atoms with Crippen LogP contribution in [0.2, 0.25) is 0 Å². The Kier molecular flexibility index (Phi) is 8.34. The number of amides is 3. The van der Waals surface area contributed by atoms with E-state index in [0.717, 1.165) is 0 Å². The van der Waals surface area contributed by atoms with Crippen molar-refractivity contribution in [2.45, 2.75) is 0 Å². The number of methoxy groups -OCH3 is 1. The summed E-state index contributed by atoms with van der Waals surface area (Å²) in [4.78, 5) is 36.4. The zero-order valence-electron chi connectivity index (χ0n) is 20.2. The van der Waals surface area contributed by atoms with E-state index in [1.165, 1.54) is 37.6 Å². The van der Waals surface area contributed by atoms with E-state index >= 15 is 0 Å². The van der Waals surface area contributed by atoms with Crippen LogP contribution in [0.4, 0.5) is 10.1 Å². The summed E-state index contributed by atoms with van der Waals surface area (Å²) in [7, 11) is 1.42. The lowest BCUT2D eigenvalue weighted by Gasteiger charge is -2.11. The van der Waals surface area contributed by atoms with Crippen LogP contribution in [0.1, 0.15) is 15.9 Å². The highest BCUT2D eigenvalue weighted by atomic mass is 19.1. The van der Waals surface area contributed by atoms with Crippen molar-refractivity contribution in [3.63, 3.8) is 0 Å². The molecule has 3 aromatic carbocycles. The number of rotatable bonds is 10. The van der Waals surface area contributed by atoms with Gasteiger partial charge in [0, 0.05) is 5.56 Å². The number of nitrogens with one attached hydrogen (secondary N) is 3. The fraction of sp³-hybridized carbons (Fsp3) is 0.154. The second-order valence-corrected chi connectivity index (χ2v) is 7.77. The van der Waals surface area contributed by atoms with Gasteiger partial charge in [-0.2, -0.15) is 5.10 Å². The molecule has 0 spiro atoms. The molecule has 3 aromatic rings. The third-order valence-electron chi connectivity index (χ3n) is 5.14. The average molecular weight is 522 g/mol. The molecule has 3 amide bonds. The molecule has 196 valence electrons. The summed E-state index contributed by atoms with van der Waals surface area (Å²) < 4.78 is 34.9. The summed E-state index contributed by atoms with van der Waals surface area (Å²) in [6.45, 7) is -0.571. The van der Waals surface area contributed by atoms with Crippen molar-refractivity contribution in [2.75, 3.05) is 32.4 Å². The van der Waals surface area contributed by atoms with Gasteiger partial charge in [-0.1, -0.05) is 12.1 Å². The van der Waals surface area contributed by atoms with Crippen molar-refractivity contribution in [1.29, 1.82) is 0 Å². The molecular formula is C26H23FN4O7. The first kappa shape index (κ1) is 25.9. The number of carbonyl (C=O) groups excluding carboxylic acids is 3. The van der Waals surface area contributed by atoms with Gasteiger partial charge >= 0.3 is 0 Å². The minimum atomic E-state index is -0.554. The van der Waals surface area contributed by atoms with Crippen LogP contribution in [0, 0.1) is 5.82 Å². The van der Waals surface area contributed by atoms with Gasteiger partial charge in [0.25, 0.3) is 17.7 Å². The number of benzene rings is 3. The molecule has 0 bridgehead atoms. The van der Waals surface area contributed by atoms with E-state index in [2.05, 4.69) is 21.2 Å². The fourth-order valence-corrected chi connectivity index (χ4v) is 3.29. The molecule has 0 aliphatic carbocycles. The molecular weight excluding hydrogens is 499 g/mol. The van der Waals surface area contributed by atoms with Crippen LogP contribution in [-0.2, 0) is 9.59 Å². The van der Waals surface area contributed by atoms with Crippen LogP contribution in [0.15, 0.2) is 65.8 Å². The summed E-state index contributed by atoms with van der Waals surface area (Å²) >= 11 is 0. The van der Waals surface area contributed by atoms with Crippen LogP contribution in [0.3, 0.4) is 0 Å². The highest BCUT2D eigenvalue weighted by Crippen LogP contribution is 2.32. The highest BCUT2D eigenvalue weighted by molar-refractivity contribution is 5.97. The molecule has 1 heterocycles. The molecule has 0 aromatic heterocycles. The molecule has 0 saturated carbocycles. The molecule has 11 nitrogen and oxygen atoms in total. The van der Waals surface area contributed by atoms with Gasteiger partial charge in [0.2, 0.25) is 6.79 Å². The first-order valence-electron chi connectivity index (χ1n) is 11.3. The number of para-hydroxylation sites is 1. The molecule has 0 fully saturated rings. The molecule has 38 heavy (non-hydrogen) atoms. The third-order valence-corrected chi connectivity index (χ3v) is 5.14. The minimum Gasteiger partial charge on any atom is -0.493 e. The maximum absolute atomic E-state index is 13.7. The van der Waals surface area contributed by atoms with Crippen molar-refractivity contribution >= 4 is 29.6 Å². The topological polar surface area (TPSA) is 137 Å². The van der Waals surface area contributed by atoms with Crippen molar-refractivity contribution in [1.82, 2.24) is 10.7 Å². The smallest absolute Gasteiger partial charge is 0.262 e. The Labute approximate surface area is 216 Å². The van der Waals surface area contributed by atoms with Gasteiger partial charge in [0.05, 0.1) is 25.6 Å². The monoisotopic (exact) mass is 522 g/mol. The first-order chi connectivity index (χ1) is 18.4. The molecule has 1 aliphatic heterocycles. The predicted octanol–water partition coefficient (Wildman–Crippen LogP) is 2.46. The van der Waals surface area contributed by atoms with Gasteiger partial charge in [-0.25, -0.2) is 9.82 Å². The van der Waals surface area contributed by atoms with Gasteiger partial charge in [-0.3, -0.25) is 14.4 Å². The van der Waals surface area contributed by atoms with Crippen molar-refractivity contribution in [2.24, 2.45) is 5.10 Å². The number of fused-ring (bicyclic) bond motifs is 1. The number of hydrazone groups is 1. The van der Waals surface area contributed by atoms with Crippen molar-refractivity contribution in [3.05, 3.63) is 77.6 Å². The van der Waals surface area contributed by atoms with E-state index in [-0.39, 0.29) is 31.4 Å². The largest absolute Gasteiger partial charge is 0.493 e. The van der Waals surface area contributed by atoms with E-state index in [1.807, 2.05) is 0 Å². The Hall–Kier alpha value is -5.13. The SMILES string of the molecule is COc1cc(C=NNC(=O)CNC(=O)c2ccc3c(c2)OCO3)ccc1OCC(=O)Nc1ccccc1F. The van der Waals surface area contributed by atoms with Crippen molar-refractivity contribution in [3.8, 4) is 23.0 Å². The second-order valence-electron chi connectivity index (χ2n) is 7.77. The maximum Gasteiger partial charge on any atom is 0.262 e. The molecule has 3 N–H and O–H groups in total. The average Bonchev–Trinajstić information content (AvgIpc) is 3.40. The van der Waals surface area contributed by atoms with Gasteiger partial charge in [0.1, 0.15) is 5.82 Å². The van der Waals surface area contributed by atoms with Gasteiger partial charge in [-0.05, 0) is 54.1 Å². The van der Waals surface area contributed by atoms with Crippen LogP contribution >= 0.6 is 0 Å². The molecule has 0 radical (unpaired) electrons.